The number of hydrogen-bond donors (Lipinski definition) is 1. The van der Waals surface area contributed by atoms with E-state index in [0.29, 0.717) is 11.1 Å². The van der Waals surface area contributed by atoms with Crippen LogP contribution in [0.25, 0.3) is 10.8 Å². The summed E-state index contributed by atoms with van der Waals surface area (Å²) >= 11 is 6.14. The quantitative estimate of drug-likeness (QED) is 0.188. The van der Waals surface area contributed by atoms with Gasteiger partial charge in [0.1, 0.15) is 11.2 Å². The maximum Gasteiger partial charge on any atom is 0.340 e. The van der Waals surface area contributed by atoms with Crippen molar-refractivity contribution in [1.29, 1.82) is 0 Å². The molecule has 0 aromatic heterocycles. The van der Waals surface area contributed by atoms with Crippen LogP contribution in [0.2, 0.25) is 5.02 Å². The zero-order chi connectivity index (χ0) is 22.7. The maximum absolute atomic E-state index is 13.1. The molecule has 1 saturated heterocycles. The van der Waals surface area contributed by atoms with Crippen molar-refractivity contribution < 1.29 is 17.3 Å². The summed E-state index contributed by atoms with van der Waals surface area (Å²) in [5, 5.41) is 5.22. The van der Waals surface area contributed by atoms with E-state index in [0.717, 1.165) is 36.9 Å². The Bertz CT molecular complexity index is 1260. The van der Waals surface area contributed by atoms with Gasteiger partial charge in [0.15, 0.2) is 11.5 Å². The fraction of sp³-hybridized carbons (Fsp3) is 0.261. The van der Waals surface area contributed by atoms with Crippen LogP contribution in [0.1, 0.15) is 24.3 Å². The molecule has 0 bridgehead atoms. The number of fused-ring (bicyclic) bond motifs is 1. The first kappa shape index (κ1) is 22.2. The second-order valence-corrected chi connectivity index (χ2v) is 9.51. The van der Waals surface area contributed by atoms with E-state index in [9.17, 15) is 8.42 Å². The van der Waals surface area contributed by atoms with E-state index in [2.05, 4.69) is 16.1 Å². The lowest BCUT2D eigenvalue weighted by Gasteiger charge is -2.31. The highest BCUT2D eigenvalue weighted by Crippen LogP contribution is 2.45. The van der Waals surface area contributed by atoms with Gasteiger partial charge in [-0.2, -0.15) is 13.5 Å². The van der Waals surface area contributed by atoms with Crippen molar-refractivity contribution >= 4 is 38.8 Å². The SMILES string of the molecule is COc1c(C2CCN(C=NN)CC2)cc2ccccc2c1OS(=O)(=O)c1ccccc1Cl. The monoisotopic (exact) mass is 473 g/mol. The first-order chi connectivity index (χ1) is 15.4. The van der Waals surface area contributed by atoms with Crippen LogP contribution in [-0.2, 0) is 10.1 Å². The largest absolute Gasteiger partial charge is 0.492 e. The highest BCUT2D eigenvalue weighted by molar-refractivity contribution is 7.87. The molecule has 4 rings (SSSR count). The number of hydrazone groups is 1. The van der Waals surface area contributed by atoms with Gasteiger partial charge in [-0.1, -0.05) is 48.0 Å². The summed E-state index contributed by atoms with van der Waals surface area (Å²) < 4.78 is 37.7. The Morgan fingerprint density at radius 3 is 2.47 bits per heavy atom. The second-order valence-electron chi connectivity index (χ2n) is 7.59. The van der Waals surface area contributed by atoms with Crippen LogP contribution < -0.4 is 14.8 Å². The molecule has 1 aliphatic heterocycles. The summed E-state index contributed by atoms with van der Waals surface area (Å²) in [7, 11) is -2.66. The lowest BCUT2D eigenvalue weighted by atomic mass is 9.87. The van der Waals surface area contributed by atoms with Crippen LogP contribution in [0.3, 0.4) is 0 Å². The van der Waals surface area contributed by atoms with Gasteiger partial charge in [0.25, 0.3) is 0 Å². The molecule has 3 aromatic carbocycles. The van der Waals surface area contributed by atoms with Crippen LogP contribution >= 0.6 is 11.6 Å². The molecule has 1 heterocycles. The summed E-state index contributed by atoms with van der Waals surface area (Å²) in [5.74, 6) is 6.04. The van der Waals surface area contributed by atoms with Gasteiger partial charge in [-0.25, -0.2) is 0 Å². The molecule has 0 atom stereocenters. The van der Waals surface area contributed by atoms with Crippen molar-refractivity contribution in [2.24, 2.45) is 10.9 Å². The molecule has 9 heteroatoms. The van der Waals surface area contributed by atoms with E-state index in [1.807, 2.05) is 24.3 Å². The first-order valence-corrected chi connectivity index (χ1v) is 12.0. The summed E-state index contributed by atoms with van der Waals surface area (Å²) in [6.45, 7) is 1.57. The summed E-state index contributed by atoms with van der Waals surface area (Å²) in [4.78, 5) is 1.97. The number of ether oxygens (including phenoxy) is 1. The van der Waals surface area contributed by atoms with Gasteiger partial charge in [-0.15, -0.1) is 0 Å². The van der Waals surface area contributed by atoms with Gasteiger partial charge < -0.3 is 19.7 Å². The summed E-state index contributed by atoms with van der Waals surface area (Å²) in [5.41, 5.74) is 0.917. The number of hydrogen-bond acceptors (Lipinski definition) is 6. The van der Waals surface area contributed by atoms with E-state index in [1.54, 1.807) is 18.5 Å². The predicted molar refractivity (Wildman–Crippen MR) is 126 cm³/mol. The normalized spacial score (nSPS) is 15.4. The number of piperidine rings is 1. The minimum atomic E-state index is -4.18. The van der Waals surface area contributed by atoms with Crippen LogP contribution in [0.5, 0.6) is 11.5 Å². The van der Waals surface area contributed by atoms with Crippen LogP contribution in [0.4, 0.5) is 0 Å². The Hall–Kier alpha value is -2.97. The third-order valence-corrected chi connectivity index (χ3v) is 7.41. The summed E-state index contributed by atoms with van der Waals surface area (Å²) in [6, 6.07) is 15.8. The van der Waals surface area contributed by atoms with Crippen LogP contribution in [-0.4, -0.2) is 39.9 Å². The summed E-state index contributed by atoms with van der Waals surface area (Å²) in [6.07, 6.45) is 3.33. The standard InChI is InChI=1S/C23H24ClN3O4S/c1-30-22-19(16-10-12-27(13-11-16)15-26-25)14-17-6-2-3-7-18(17)23(22)31-32(28,29)21-9-5-4-8-20(21)24/h2-9,14-16H,10-13,25H2,1H3. The van der Waals surface area contributed by atoms with Crippen molar-refractivity contribution in [3.63, 3.8) is 0 Å². The van der Waals surface area contributed by atoms with Gasteiger partial charge in [-0.05, 0) is 42.3 Å². The molecule has 0 unspecified atom stereocenters. The fourth-order valence-electron chi connectivity index (χ4n) is 4.13. The molecule has 1 fully saturated rings. The number of halogens is 1. The highest BCUT2D eigenvalue weighted by Gasteiger charge is 2.29. The van der Waals surface area contributed by atoms with Gasteiger partial charge in [-0.3, -0.25) is 0 Å². The van der Waals surface area contributed by atoms with E-state index in [-0.39, 0.29) is 21.6 Å². The van der Waals surface area contributed by atoms with Gasteiger partial charge in [0, 0.05) is 24.0 Å². The third kappa shape index (κ3) is 4.33. The second kappa shape index (κ2) is 9.26. The average Bonchev–Trinajstić information content (AvgIpc) is 2.79. The smallest absolute Gasteiger partial charge is 0.340 e. The fourth-order valence-corrected chi connectivity index (χ4v) is 5.58. The molecule has 1 aliphatic rings. The van der Waals surface area contributed by atoms with Crippen molar-refractivity contribution in [3.8, 4) is 11.5 Å². The van der Waals surface area contributed by atoms with E-state index in [4.69, 9.17) is 26.4 Å². The minimum absolute atomic E-state index is 0.0902. The Balaban J connectivity index is 1.81. The molecule has 2 N–H and O–H groups in total. The van der Waals surface area contributed by atoms with Crippen molar-refractivity contribution in [2.45, 2.75) is 23.7 Å². The van der Waals surface area contributed by atoms with Crippen LogP contribution in [0, 0.1) is 0 Å². The Labute approximate surface area is 192 Å². The molecule has 0 spiro atoms. The molecule has 0 radical (unpaired) electrons. The lowest BCUT2D eigenvalue weighted by molar-refractivity contribution is 0.311. The van der Waals surface area contributed by atoms with Crippen LogP contribution in [0.15, 0.2) is 64.6 Å². The zero-order valence-electron chi connectivity index (χ0n) is 17.6. The van der Waals surface area contributed by atoms with E-state index >= 15 is 0 Å². The van der Waals surface area contributed by atoms with Crippen molar-refractivity contribution in [2.75, 3.05) is 20.2 Å². The highest BCUT2D eigenvalue weighted by atomic mass is 35.5. The first-order valence-electron chi connectivity index (χ1n) is 10.2. The Kier molecular flexibility index (Phi) is 6.43. The average molecular weight is 474 g/mol. The number of likely N-dealkylation sites (tertiary alicyclic amines) is 1. The molecule has 0 amide bonds. The number of nitrogens with zero attached hydrogens (tertiary/aromatic N) is 2. The molecule has 32 heavy (non-hydrogen) atoms. The molecular formula is C23H24ClN3O4S. The minimum Gasteiger partial charge on any atom is -0.492 e. The third-order valence-electron chi connectivity index (χ3n) is 5.69. The number of nitrogens with two attached hydrogens (primary N) is 1. The number of methoxy groups -OCH3 is 1. The van der Waals surface area contributed by atoms with E-state index < -0.39 is 10.1 Å². The van der Waals surface area contributed by atoms with Gasteiger partial charge >= 0.3 is 10.1 Å². The zero-order valence-corrected chi connectivity index (χ0v) is 19.1. The van der Waals surface area contributed by atoms with Gasteiger partial charge in [0.05, 0.1) is 12.1 Å². The molecule has 0 saturated carbocycles. The molecule has 3 aromatic rings. The maximum atomic E-state index is 13.1. The van der Waals surface area contributed by atoms with Gasteiger partial charge in [0.2, 0.25) is 0 Å². The predicted octanol–water partition coefficient (Wildman–Crippen LogP) is 4.35. The molecule has 0 aliphatic carbocycles. The molecule has 7 nitrogen and oxygen atoms in total. The number of benzene rings is 3. The van der Waals surface area contributed by atoms with Crippen molar-refractivity contribution in [1.82, 2.24) is 4.90 Å². The molecular weight excluding hydrogens is 450 g/mol. The Morgan fingerprint density at radius 2 is 1.78 bits per heavy atom. The lowest BCUT2D eigenvalue weighted by Crippen LogP contribution is -2.32. The molecule has 168 valence electrons. The Morgan fingerprint density at radius 1 is 1.09 bits per heavy atom. The number of rotatable bonds is 6. The topological polar surface area (TPSA) is 94.2 Å². The van der Waals surface area contributed by atoms with Crippen molar-refractivity contribution in [3.05, 3.63) is 65.2 Å². The van der Waals surface area contributed by atoms with E-state index in [1.165, 1.54) is 19.2 Å².